The molecule has 0 atom stereocenters. The van der Waals surface area contributed by atoms with E-state index in [1.807, 2.05) is 4.90 Å². The second-order valence-corrected chi connectivity index (χ2v) is 8.71. The number of carbonyl (C=O) groups is 1. The van der Waals surface area contributed by atoms with Crippen molar-refractivity contribution in [3.05, 3.63) is 47.9 Å². The van der Waals surface area contributed by atoms with Crippen LogP contribution in [-0.2, 0) is 16.1 Å². The van der Waals surface area contributed by atoms with Crippen molar-refractivity contribution in [1.82, 2.24) is 20.1 Å². The van der Waals surface area contributed by atoms with E-state index in [1.165, 1.54) is 24.3 Å². The number of halogens is 3. The van der Waals surface area contributed by atoms with E-state index in [2.05, 4.69) is 20.1 Å². The Labute approximate surface area is 210 Å². The number of pyridine rings is 1. The van der Waals surface area contributed by atoms with Crippen molar-refractivity contribution >= 4 is 17.8 Å². The van der Waals surface area contributed by atoms with Crippen molar-refractivity contribution in [1.29, 1.82) is 0 Å². The van der Waals surface area contributed by atoms with E-state index in [4.69, 9.17) is 13.9 Å². The van der Waals surface area contributed by atoms with Gasteiger partial charge in [-0.3, -0.25) is 14.7 Å². The molecule has 0 saturated carbocycles. The first-order chi connectivity index (χ1) is 18.0. The number of hydrogen-bond acceptors (Lipinski definition) is 9. The molecule has 196 valence electrons. The summed E-state index contributed by atoms with van der Waals surface area (Å²) in [7, 11) is 1.46. The van der Waals surface area contributed by atoms with E-state index >= 15 is 4.39 Å². The highest BCUT2D eigenvalue weighted by Gasteiger charge is 2.30. The lowest BCUT2D eigenvalue weighted by Gasteiger charge is -2.43. The van der Waals surface area contributed by atoms with E-state index in [0.29, 0.717) is 48.2 Å². The minimum atomic E-state index is -2.87. The molecule has 2 fully saturated rings. The first-order valence-corrected chi connectivity index (χ1v) is 11.7. The number of ether oxygens (including phenoxy) is 2. The second kappa shape index (κ2) is 10.7. The number of methoxy groups -OCH3 is 1. The molecule has 0 radical (unpaired) electrons. The van der Waals surface area contributed by atoms with Crippen LogP contribution in [0.3, 0.4) is 0 Å². The zero-order chi connectivity index (χ0) is 25.9. The maximum atomic E-state index is 15.3. The number of hydrogen-bond donors (Lipinski definition) is 0. The van der Waals surface area contributed by atoms with E-state index in [-0.39, 0.29) is 18.1 Å². The number of aromatic nitrogens is 3. The molecular formula is C24H25F3N6O4. The van der Waals surface area contributed by atoms with Crippen LogP contribution in [0.4, 0.5) is 24.5 Å². The molecule has 10 nitrogen and oxygen atoms in total. The Bertz CT molecular complexity index is 1230. The summed E-state index contributed by atoms with van der Waals surface area (Å²) in [6.07, 6.45) is -0.931. The van der Waals surface area contributed by atoms with Crippen molar-refractivity contribution in [3.8, 4) is 17.2 Å². The summed E-state index contributed by atoms with van der Waals surface area (Å²) >= 11 is 0. The lowest BCUT2D eigenvalue weighted by molar-refractivity contribution is -0.107. The van der Waals surface area contributed by atoms with Gasteiger partial charge < -0.3 is 23.7 Å². The summed E-state index contributed by atoms with van der Waals surface area (Å²) in [6, 6.07) is 6.48. The maximum Gasteiger partial charge on any atom is 0.314 e. The monoisotopic (exact) mass is 518 g/mol. The van der Waals surface area contributed by atoms with Crippen LogP contribution >= 0.6 is 0 Å². The number of rotatable bonds is 9. The lowest BCUT2D eigenvalue weighted by Crippen LogP contribution is -2.56. The van der Waals surface area contributed by atoms with Gasteiger partial charge in [0.2, 0.25) is 12.3 Å². The zero-order valence-electron chi connectivity index (χ0n) is 20.0. The topological polar surface area (TPSA) is 97.1 Å². The van der Waals surface area contributed by atoms with Crippen LogP contribution < -0.4 is 14.5 Å². The van der Waals surface area contributed by atoms with Gasteiger partial charge in [-0.1, -0.05) is 0 Å². The predicted octanol–water partition coefficient (Wildman–Crippen LogP) is 2.90. The van der Waals surface area contributed by atoms with Gasteiger partial charge in [-0.05, 0) is 12.1 Å². The molecule has 3 aromatic rings. The third-order valence-corrected chi connectivity index (χ3v) is 6.51. The molecule has 5 rings (SSSR count). The molecule has 2 aliphatic heterocycles. The minimum absolute atomic E-state index is 0.0210. The SMILES string of the molecule is COc1cc(N2CCN(C3COC3)CC2)c(F)cc1N(C=O)Cc1ccc(-c2nnc(C(F)F)o2)cn1. The molecule has 0 N–H and O–H groups in total. The van der Waals surface area contributed by atoms with Gasteiger partial charge in [0.1, 0.15) is 11.6 Å². The molecule has 2 saturated heterocycles. The van der Waals surface area contributed by atoms with Crippen molar-refractivity contribution < 1.29 is 31.9 Å². The molecule has 1 amide bonds. The Hall–Kier alpha value is -3.71. The van der Waals surface area contributed by atoms with Crippen molar-refractivity contribution in [2.24, 2.45) is 0 Å². The fourth-order valence-electron chi connectivity index (χ4n) is 4.36. The molecule has 4 heterocycles. The van der Waals surface area contributed by atoms with Crippen LogP contribution in [0.5, 0.6) is 5.75 Å². The van der Waals surface area contributed by atoms with Gasteiger partial charge in [0.25, 0.3) is 5.89 Å². The van der Waals surface area contributed by atoms with Crippen LogP contribution in [0.25, 0.3) is 11.5 Å². The fraction of sp³-hybridized carbons (Fsp3) is 0.417. The highest BCUT2D eigenvalue weighted by molar-refractivity contribution is 5.80. The number of amides is 1. The third-order valence-electron chi connectivity index (χ3n) is 6.51. The van der Waals surface area contributed by atoms with Gasteiger partial charge in [0.05, 0.1) is 55.5 Å². The summed E-state index contributed by atoms with van der Waals surface area (Å²) in [4.78, 5) is 21.8. The van der Waals surface area contributed by atoms with Gasteiger partial charge in [-0.25, -0.2) is 4.39 Å². The van der Waals surface area contributed by atoms with Gasteiger partial charge >= 0.3 is 6.43 Å². The van der Waals surface area contributed by atoms with Crippen molar-refractivity contribution in [2.75, 3.05) is 56.3 Å². The van der Waals surface area contributed by atoms with E-state index < -0.39 is 18.1 Å². The zero-order valence-corrected chi connectivity index (χ0v) is 20.0. The molecule has 2 aliphatic rings. The van der Waals surface area contributed by atoms with Crippen LogP contribution in [-0.4, -0.2) is 79.0 Å². The summed E-state index contributed by atoms with van der Waals surface area (Å²) in [5, 5.41) is 6.88. The number of benzene rings is 1. The predicted molar refractivity (Wildman–Crippen MR) is 126 cm³/mol. The normalized spacial score (nSPS) is 16.6. The molecule has 0 spiro atoms. The molecule has 1 aromatic carbocycles. The average Bonchev–Trinajstić information content (AvgIpc) is 3.38. The Balaban J connectivity index is 1.30. The van der Waals surface area contributed by atoms with Gasteiger partial charge in [0, 0.05) is 44.5 Å². The second-order valence-electron chi connectivity index (χ2n) is 8.71. The summed E-state index contributed by atoms with van der Waals surface area (Å²) in [6.45, 7) is 4.47. The third kappa shape index (κ3) is 5.23. The Kier molecular flexibility index (Phi) is 7.24. The summed E-state index contributed by atoms with van der Waals surface area (Å²) in [5.74, 6) is -0.987. The van der Waals surface area contributed by atoms with Gasteiger partial charge in [0.15, 0.2) is 0 Å². The van der Waals surface area contributed by atoms with Crippen LogP contribution in [0.2, 0.25) is 0 Å². The maximum absolute atomic E-state index is 15.3. The molecule has 0 aliphatic carbocycles. The van der Waals surface area contributed by atoms with E-state index in [0.717, 1.165) is 26.3 Å². The molecular weight excluding hydrogens is 493 g/mol. The first kappa shape index (κ1) is 25.0. The lowest BCUT2D eigenvalue weighted by atomic mass is 10.1. The van der Waals surface area contributed by atoms with Crippen LogP contribution in [0.15, 0.2) is 34.9 Å². The molecule has 0 bridgehead atoms. The first-order valence-electron chi connectivity index (χ1n) is 11.7. The standard InChI is InChI=1S/C24H25F3N6O4/c1-35-21-9-19(32-6-4-31(5-7-32)17-12-36-13-17)18(25)8-20(21)33(14-34)11-16-3-2-15(10-28-16)23-29-30-24(37-23)22(26)27/h2-3,8-10,14,17,22H,4-7,11-13H2,1H3. The number of nitrogens with zero attached hydrogens (tertiary/aromatic N) is 6. The van der Waals surface area contributed by atoms with E-state index in [1.54, 1.807) is 18.2 Å². The quantitative estimate of drug-likeness (QED) is 0.396. The highest BCUT2D eigenvalue weighted by Crippen LogP contribution is 2.36. The van der Waals surface area contributed by atoms with Gasteiger partial charge in [-0.15, -0.1) is 10.2 Å². The number of piperazine rings is 1. The molecule has 37 heavy (non-hydrogen) atoms. The van der Waals surface area contributed by atoms with Crippen LogP contribution in [0, 0.1) is 5.82 Å². The number of alkyl halides is 2. The summed E-state index contributed by atoms with van der Waals surface area (Å²) < 4.78 is 56.3. The van der Waals surface area contributed by atoms with Crippen molar-refractivity contribution in [3.63, 3.8) is 0 Å². The Morgan fingerprint density at radius 2 is 1.97 bits per heavy atom. The molecule has 2 aromatic heterocycles. The van der Waals surface area contributed by atoms with Gasteiger partial charge in [-0.2, -0.15) is 8.78 Å². The smallest absolute Gasteiger partial charge is 0.314 e. The molecule has 13 heteroatoms. The minimum Gasteiger partial charge on any atom is -0.494 e. The Morgan fingerprint density at radius 3 is 2.54 bits per heavy atom. The number of anilines is 2. The number of carbonyl (C=O) groups excluding carboxylic acids is 1. The summed E-state index contributed by atoms with van der Waals surface area (Å²) in [5.41, 5.74) is 1.49. The highest BCUT2D eigenvalue weighted by atomic mass is 19.3. The van der Waals surface area contributed by atoms with E-state index in [9.17, 15) is 13.6 Å². The fourth-order valence-corrected chi connectivity index (χ4v) is 4.36. The average molecular weight is 518 g/mol. The largest absolute Gasteiger partial charge is 0.494 e. The Morgan fingerprint density at radius 1 is 1.19 bits per heavy atom. The van der Waals surface area contributed by atoms with Crippen LogP contribution in [0.1, 0.15) is 18.0 Å². The molecule has 0 unspecified atom stereocenters. The van der Waals surface area contributed by atoms with Crippen molar-refractivity contribution in [2.45, 2.75) is 19.0 Å².